The largest absolute Gasteiger partial charge is 0.300 e. The number of aliphatic imine (C=N–C) groups is 1. The molecule has 126 valence electrons. The minimum atomic E-state index is 0.891. The summed E-state index contributed by atoms with van der Waals surface area (Å²) < 4.78 is 2.04. The summed E-state index contributed by atoms with van der Waals surface area (Å²) in [6, 6.07) is 12.3. The first-order valence-corrected chi connectivity index (χ1v) is 8.47. The molecule has 3 aromatic rings. The molecule has 0 radical (unpaired) electrons. The zero-order valence-electron chi connectivity index (χ0n) is 15.3. The van der Waals surface area contributed by atoms with E-state index in [0.717, 1.165) is 22.5 Å². The van der Waals surface area contributed by atoms with E-state index in [1.807, 2.05) is 56.8 Å². The van der Waals surface area contributed by atoms with Gasteiger partial charge in [0.1, 0.15) is 5.82 Å². The van der Waals surface area contributed by atoms with Crippen molar-refractivity contribution in [2.24, 2.45) is 4.99 Å². The third kappa shape index (κ3) is 4.42. The molecule has 0 unspecified atom stereocenters. The third-order valence-corrected chi connectivity index (χ3v) is 3.30. The molecule has 1 aromatic carbocycles. The Morgan fingerprint density at radius 3 is 2.38 bits per heavy atom. The Balaban J connectivity index is 0.000000671. The van der Waals surface area contributed by atoms with Crippen LogP contribution in [0.3, 0.4) is 0 Å². The zero-order valence-corrected chi connectivity index (χ0v) is 15.3. The number of hydrogen-bond acceptors (Lipinski definition) is 2. The standard InChI is InChI=1S/C17H15N3.2C2H6/c1-3-18-12-16-13(2)8-9-20(16)17-10-14-6-4-5-7-15(14)11-19-17;2*1-2/h3-12H,1H2,2H3;2*1-2H3. The van der Waals surface area contributed by atoms with Crippen molar-refractivity contribution >= 4 is 17.0 Å². The number of fused-ring (bicyclic) bond motifs is 1. The first kappa shape index (κ1) is 19.4. The Hall–Kier alpha value is -2.68. The minimum absolute atomic E-state index is 0.891. The molecule has 0 amide bonds. The molecule has 0 aliphatic heterocycles. The van der Waals surface area contributed by atoms with Crippen molar-refractivity contribution in [3.63, 3.8) is 0 Å². The maximum Gasteiger partial charge on any atom is 0.137 e. The van der Waals surface area contributed by atoms with Crippen molar-refractivity contribution < 1.29 is 0 Å². The molecule has 0 N–H and O–H groups in total. The fourth-order valence-corrected chi connectivity index (χ4v) is 2.23. The van der Waals surface area contributed by atoms with E-state index in [2.05, 4.69) is 47.7 Å². The van der Waals surface area contributed by atoms with Crippen LogP contribution in [0.1, 0.15) is 39.0 Å². The highest BCUT2D eigenvalue weighted by Crippen LogP contribution is 2.18. The molecule has 2 aromatic heterocycles. The third-order valence-electron chi connectivity index (χ3n) is 3.30. The second-order valence-corrected chi connectivity index (χ2v) is 4.60. The molecule has 0 aliphatic rings. The maximum atomic E-state index is 4.53. The Kier molecular flexibility index (Phi) is 8.20. The van der Waals surface area contributed by atoms with Gasteiger partial charge in [-0.3, -0.25) is 9.56 Å². The summed E-state index contributed by atoms with van der Waals surface area (Å²) >= 11 is 0. The second kappa shape index (κ2) is 10.2. The van der Waals surface area contributed by atoms with Gasteiger partial charge in [-0.05, 0) is 30.0 Å². The highest BCUT2D eigenvalue weighted by Gasteiger charge is 2.07. The maximum absolute atomic E-state index is 4.53. The van der Waals surface area contributed by atoms with Crippen LogP contribution in [0.5, 0.6) is 0 Å². The van der Waals surface area contributed by atoms with E-state index in [0.29, 0.717) is 0 Å². The number of nitrogens with zero attached hydrogens (tertiary/aromatic N) is 3. The van der Waals surface area contributed by atoms with E-state index in [1.54, 1.807) is 6.21 Å². The van der Waals surface area contributed by atoms with Crippen molar-refractivity contribution in [1.29, 1.82) is 0 Å². The Morgan fingerprint density at radius 2 is 1.71 bits per heavy atom. The smallest absolute Gasteiger partial charge is 0.137 e. The van der Waals surface area contributed by atoms with Gasteiger partial charge in [0.2, 0.25) is 0 Å². The van der Waals surface area contributed by atoms with E-state index in [1.165, 1.54) is 11.6 Å². The van der Waals surface area contributed by atoms with E-state index in [4.69, 9.17) is 0 Å². The van der Waals surface area contributed by atoms with Crippen molar-refractivity contribution in [2.45, 2.75) is 34.6 Å². The average Bonchev–Trinajstić information content (AvgIpc) is 3.03. The number of pyridine rings is 1. The topological polar surface area (TPSA) is 30.2 Å². The van der Waals surface area contributed by atoms with Crippen LogP contribution in [0.4, 0.5) is 0 Å². The molecular weight excluding hydrogens is 294 g/mol. The molecule has 3 nitrogen and oxygen atoms in total. The normalized spacial score (nSPS) is 9.88. The summed E-state index contributed by atoms with van der Waals surface area (Å²) in [5, 5.41) is 2.32. The quantitative estimate of drug-likeness (QED) is 0.548. The van der Waals surface area contributed by atoms with E-state index >= 15 is 0 Å². The molecule has 0 saturated heterocycles. The zero-order chi connectivity index (χ0) is 17.9. The molecular formula is C21H27N3. The lowest BCUT2D eigenvalue weighted by atomic mass is 10.2. The van der Waals surface area contributed by atoms with Gasteiger partial charge in [-0.1, -0.05) is 58.5 Å². The van der Waals surface area contributed by atoms with Crippen molar-refractivity contribution in [1.82, 2.24) is 9.55 Å². The summed E-state index contributed by atoms with van der Waals surface area (Å²) in [6.45, 7) is 13.7. The predicted molar refractivity (Wildman–Crippen MR) is 106 cm³/mol. The number of aryl methyl sites for hydroxylation is 1. The van der Waals surface area contributed by atoms with Gasteiger partial charge in [0.05, 0.1) is 11.9 Å². The first-order valence-electron chi connectivity index (χ1n) is 8.47. The van der Waals surface area contributed by atoms with Crippen LogP contribution in [0.25, 0.3) is 16.6 Å². The molecule has 0 bridgehead atoms. The summed E-state index contributed by atoms with van der Waals surface area (Å²) in [5.41, 5.74) is 2.18. The van der Waals surface area contributed by atoms with Crippen LogP contribution in [-0.4, -0.2) is 15.8 Å². The molecule has 0 aliphatic carbocycles. The van der Waals surface area contributed by atoms with E-state index in [-0.39, 0.29) is 0 Å². The summed E-state index contributed by atoms with van der Waals surface area (Å²) in [6.07, 6.45) is 7.25. The van der Waals surface area contributed by atoms with Gasteiger partial charge in [0, 0.05) is 24.0 Å². The first-order chi connectivity index (χ1) is 11.8. The second-order valence-electron chi connectivity index (χ2n) is 4.60. The number of hydrogen-bond donors (Lipinski definition) is 0. The molecule has 3 rings (SSSR count). The van der Waals surface area contributed by atoms with Gasteiger partial charge in [-0.15, -0.1) is 0 Å². The van der Waals surface area contributed by atoms with Crippen molar-refractivity contribution in [3.05, 3.63) is 72.8 Å². The number of aromatic nitrogens is 2. The van der Waals surface area contributed by atoms with Crippen LogP contribution in [0, 0.1) is 6.92 Å². The lowest BCUT2D eigenvalue weighted by Crippen LogP contribution is -2.01. The Morgan fingerprint density at radius 1 is 1.04 bits per heavy atom. The highest BCUT2D eigenvalue weighted by molar-refractivity contribution is 5.84. The van der Waals surface area contributed by atoms with Gasteiger partial charge < -0.3 is 0 Å². The van der Waals surface area contributed by atoms with Crippen LogP contribution in [0.2, 0.25) is 0 Å². The summed E-state index contributed by atoms with van der Waals surface area (Å²) in [7, 11) is 0. The average molecular weight is 321 g/mol. The lowest BCUT2D eigenvalue weighted by Gasteiger charge is -2.07. The molecule has 24 heavy (non-hydrogen) atoms. The predicted octanol–water partition coefficient (Wildman–Crippen LogP) is 5.95. The molecule has 0 spiro atoms. The fourth-order valence-electron chi connectivity index (χ4n) is 2.23. The van der Waals surface area contributed by atoms with Gasteiger partial charge >= 0.3 is 0 Å². The van der Waals surface area contributed by atoms with Gasteiger partial charge in [0.15, 0.2) is 0 Å². The SMILES string of the molecule is C=CN=Cc1c(C)ccn1-c1cc2ccccc2cn1.CC.CC. The molecule has 0 fully saturated rings. The van der Waals surface area contributed by atoms with Crippen LogP contribution in [0.15, 0.2) is 66.6 Å². The van der Waals surface area contributed by atoms with E-state index in [9.17, 15) is 0 Å². The molecule has 0 atom stereocenters. The highest BCUT2D eigenvalue weighted by atomic mass is 15.1. The Labute approximate surface area is 145 Å². The summed E-state index contributed by atoms with van der Waals surface area (Å²) in [4.78, 5) is 8.65. The minimum Gasteiger partial charge on any atom is -0.300 e. The number of benzene rings is 1. The van der Waals surface area contributed by atoms with E-state index < -0.39 is 0 Å². The van der Waals surface area contributed by atoms with Gasteiger partial charge in [0.25, 0.3) is 0 Å². The van der Waals surface area contributed by atoms with Crippen LogP contribution >= 0.6 is 0 Å². The van der Waals surface area contributed by atoms with Crippen molar-refractivity contribution in [2.75, 3.05) is 0 Å². The monoisotopic (exact) mass is 321 g/mol. The molecule has 2 heterocycles. The lowest BCUT2D eigenvalue weighted by molar-refractivity contribution is 1.00. The molecule has 3 heteroatoms. The van der Waals surface area contributed by atoms with Gasteiger partial charge in [-0.25, -0.2) is 4.98 Å². The Bertz CT molecular complexity index is 798. The van der Waals surface area contributed by atoms with Crippen LogP contribution < -0.4 is 0 Å². The fraction of sp³-hybridized carbons (Fsp3) is 0.238. The van der Waals surface area contributed by atoms with Crippen LogP contribution in [-0.2, 0) is 0 Å². The van der Waals surface area contributed by atoms with Crippen molar-refractivity contribution in [3.8, 4) is 5.82 Å². The summed E-state index contributed by atoms with van der Waals surface area (Å²) in [5.74, 6) is 0.891. The number of rotatable bonds is 3. The van der Waals surface area contributed by atoms with Gasteiger partial charge in [-0.2, -0.15) is 0 Å². The molecule has 0 saturated carbocycles.